The standard InChI is InChI=1S/C18H14Cl2O6/c1-10(26-15-5-3-12(19)7-13(15)20)18(22)23-8-14(21)11-2-4-16-17(6-11)25-9-24-16/h2-7,10H,8-9H2,1H3/t10-/m1/s1. The van der Waals surface area contributed by atoms with Crippen LogP contribution < -0.4 is 14.2 Å². The van der Waals surface area contributed by atoms with Crippen molar-refractivity contribution in [3.05, 3.63) is 52.0 Å². The molecule has 0 bridgehead atoms. The summed E-state index contributed by atoms with van der Waals surface area (Å²) in [4.78, 5) is 24.2. The molecule has 0 aliphatic carbocycles. The minimum absolute atomic E-state index is 0.115. The van der Waals surface area contributed by atoms with Crippen LogP contribution in [-0.2, 0) is 9.53 Å². The predicted molar refractivity (Wildman–Crippen MR) is 94.4 cm³/mol. The molecule has 0 spiro atoms. The van der Waals surface area contributed by atoms with Gasteiger partial charge < -0.3 is 18.9 Å². The maximum atomic E-state index is 12.2. The summed E-state index contributed by atoms with van der Waals surface area (Å²) in [6.07, 6.45) is -0.946. The van der Waals surface area contributed by atoms with E-state index in [9.17, 15) is 9.59 Å². The third-order valence-electron chi connectivity index (χ3n) is 3.57. The first-order valence-corrected chi connectivity index (χ1v) is 8.41. The molecule has 8 heteroatoms. The van der Waals surface area contributed by atoms with Gasteiger partial charge in [-0.1, -0.05) is 23.2 Å². The third kappa shape index (κ3) is 4.20. The van der Waals surface area contributed by atoms with Crippen LogP contribution in [0.2, 0.25) is 10.0 Å². The summed E-state index contributed by atoms with van der Waals surface area (Å²) < 4.78 is 20.9. The summed E-state index contributed by atoms with van der Waals surface area (Å²) >= 11 is 11.8. The Hall–Kier alpha value is -2.44. The summed E-state index contributed by atoms with van der Waals surface area (Å²) in [5, 5.41) is 0.723. The fraction of sp³-hybridized carbons (Fsp3) is 0.222. The molecule has 1 atom stereocenters. The smallest absolute Gasteiger partial charge is 0.347 e. The predicted octanol–water partition coefficient (Wildman–Crippen LogP) is 3.92. The lowest BCUT2D eigenvalue weighted by atomic mass is 10.1. The molecule has 2 aromatic carbocycles. The largest absolute Gasteiger partial charge is 0.477 e. The van der Waals surface area contributed by atoms with Crippen LogP contribution in [0.25, 0.3) is 0 Å². The Bertz CT molecular complexity index is 852. The van der Waals surface area contributed by atoms with Crippen LogP contribution in [0.15, 0.2) is 36.4 Å². The maximum absolute atomic E-state index is 12.2. The first-order chi connectivity index (χ1) is 12.4. The topological polar surface area (TPSA) is 71.1 Å². The van der Waals surface area contributed by atoms with E-state index in [-0.39, 0.29) is 17.6 Å². The van der Waals surface area contributed by atoms with E-state index in [1.807, 2.05) is 0 Å². The number of esters is 1. The van der Waals surface area contributed by atoms with Gasteiger partial charge in [0.1, 0.15) is 5.75 Å². The van der Waals surface area contributed by atoms with Crippen molar-refractivity contribution in [3.63, 3.8) is 0 Å². The second kappa shape index (κ2) is 7.85. The fourth-order valence-corrected chi connectivity index (χ4v) is 2.67. The van der Waals surface area contributed by atoms with Crippen molar-refractivity contribution in [3.8, 4) is 17.2 Å². The average Bonchev–Trinajstić information content (AvgIpc) is 3.09. The zero-order valence-corrected chi connectivity index (χ0v) is 15.2. The quantitative estimate of drug-likeness (QED) is 0.544. The van der Waals surface area contributed by atoms with Gasteiger partial charge in [-0.2, -0.15) is 0 Å². The second-order valence-corrected chi connectivity index (χ2v) is 6.28. The number of carbonyl (C=O) groups is 2. The Morgan fingerprint density at radius 1 is 1.12 bits per heavy atom. The number of ether oxygens (including phenoxy) is 4. The number of rotatable bonds is 6. The van der Waals surface area contributed by atoms with E-state index in [0.717, 1.165) is 0 Å². The van der Waals surface area contributed by atoms with Crippen molar-refractivity contribution < 1.29 is 28.5 Å². The number of ketones is 1. The Kier molecular flexibility index (Phi) is 5.54. The summed E-state index contributed by atoms with van der Waals surface area (Å²) in [6, 6.07) is 9.39. The van der Waals surface area contributed by atoms with Gasteiger partial charge in [0, 0.05) is 10.6 Å². The lowest BCUT2D eigenvalue weighted by Crippen LogP contribution is -2.28. The molecule has 0 N–H and O–H groups in total. The van der Waals surface area contributed by atoms with E-state index in [1.165, 1.54) is 13.0 Å². The highest BCUT2D eigenvalue weighted by Gasteiger charge is 2.21. The SMILES string of the molecule is C[C@@H](Oc1ccc(Cl)cc1Cl)C(=O)OCC(=O)c1ccc2c(c1)OCO2. The molecule has 6 nitrogen and oxygen atoms in total. The van der Waals surface area contributed by atoms with Gasteiger partial charge in [-0.25, -0.2) is 4.79 Å². The number of hydrogen-bond donors (Lipinski definition) is 0. The normalized spacial score (nSPS) is 13.2. The summed E-state index contributed by atoms with van der Waals surface area (Å²) in [5.41, 5.74) is 0.358. The van der Waals surface area contributed by atoms with Crippen molar-refractivity contribution in [2.45, 2.75) is 13.0 Å². The number of halogens is 2. The van der Waals surface area contributed by atoms with Crippen molar-refractivity contribution in [2.75, 3.05) is 13.4 Å². The molecule has 0 radical (unpaired) electrons. The van der Waals surface area contributed by atoms with E-state index < -0.39 is 18.7 Å². The molecule has 0 saturated heterocycles. The van der Waals surface area contributed by atoms with Crippen LogP contribution in [0.1, 0.15) is 17.3 Å². The van der Waals surface area contributed by atoms with Gasteiger partial charge in [0.25, 0.3) is 0 Å². The minimum Gasteiger partial charge on any atom is -0.477 e. The van der Waals surface area contributed by atoms with Gasteiger partial charge in [-0.05, 0) is 43.3 Å². The Balaban J connectivity index is 1.55. The van der Waals surface area contributed by atoms with Crippen molar-refractivity contribution in [1.82, 2.24) is 0 Å². The van der Waals surface area contributed by atoms with Crippen LogP contribution in [-0.4, -0.2) is 31.3 Å². The molecule has 3 rings (SSSR count). The van der Waals surface area contributed by atoms with E-state index >= 15 is 0 Å². The van der Waals surface area contributed by atoms with Gasteiger partial charge in [0.2, 0.25) is 6.79 Å². The van der Waals surface area contributed by atoms with Crippen molar-refractivity contribution >= 4 is 35.0 Å². The van der Waals surface area contributed by atoms with E-state index in [2.05, 4.69) is 0 Å². The number of fused-ring (bicyclic) bond motifs is 1. The fourth-order valence-electron chi connectivity index (χ4n) is 2.22. The maximum Gasteiger partial charge on any atom is 0.347 e. The second-order valence-electron chi connectivity index (χ2n) is 5.43. The molecule has 1 aliphatic heterocycles. The Morgan fingerprint density at radius 2 is 1.88 bits per heavy atom. The first kappa shape index (κ1) is 18.4. The van der Waals surface area contributed by atoms with Gasteiger partial charge in [-0.3, -0.25) is 4.79 Å². The number of hydrogen-bond acceptors (Lipinski definition) is 6. The molecular weight excluding hydrogens is 383 g/mol. The molecule has 0 fully saturated rings. The molecular formula is C18H14Cl2O6. The Morgan fingerprint density at radius 3 is 2.65 bits per heavy atom. The van der Waals surface area contributed by atoms with Crippen molar-refractivity contribution in [2.24, 2.45) is 0 Å². The molecule has 0 amide bonds. The number of Topliss-reactive ketones (excluding diaryl/α,β-unsaturated/α-hetero) is 1. The first-order valence-electron chi connectivity index (χ1n) is 7.65. The van der Waals surface area contributed by atoms with E-state index in [0.29, 0.717) is 27.8 Å². The molecule has 2 aromatic rings. The van der Waals surface area contributed by atoms with Crippen molar-refractivity contribution in [1.29, 1.82) is 0 Å². The molecule has 26 heavy (non-hydrogen) atoms. The molecule has 0 aromatic heterocycles. The molecule has 0 unspecified atom stereocenters. The highest BCUT2D eigenvalue weighted by Crippen LogP contribution is 2.32. The lowest BCUT2D eigenvalue weighted by Gasteiger charge is -2.15. The molecule has 1 heterocycles. The van der Waals surface area contributed by atoms with E-state index in [4.69, 9.17) is 42.1 Å². The van der Waals surface area contributed by atoms with Gasteiger partial charge in [0.15, 0.2) is 30.0 Å². The Labute approximate surface area is 159 Å². The summed E-state index contributed by atoms with van der Waals surface area (Å²) in [6.45, 7) is 1.20. The summed E-state index contributed by atoms with van der Waals surface area (Å²) in [7, 11) is 0. The third-order valence-corrected chi connectivity index (χ3v) is 4.10. The highest BCUT2D eigenvalue weighted by atomic mass is 35.5. The van der Waals surface area contributed by atoms with Crippen LogP contribution in [0, 0.1) is 0 Å². The van der Waals surface area contributed by atoms with E-state index in [1.54, 1.807) is 30.3 Å². The van der Waals surface area contributed by atoms with Gasteiger partial charge >= 0.3 is 5.97 Å². The monoisotopic (exact) mass is 396 g/mol. The number of benzene rings is 2. The van der Waals surface area contributed by atoms with Crippen LogP contribution in [0.3, 0.4) is 0 Å². The number of carbonyl (C=O) groups excluding carboxylic acids is 2. The molecule has 0 saturated carbocycles. The van der Waals surface area contributed by atoms with Crippen LogP contribution in [0.5, 0.6) is 17.2 Å². The summed E-state index contributed by atoms with van der Waals surface area (Å²) in [5.74, 6) is 0.290. The molecule has 1 aliphatic rings. The van der Waals surface area contributed by atoms with Gasteiger partial charge in [-0.15, -0.1) is 0 Å². The van der Waals surface area contributed by atoms with Crippen LogP contribution >= 0.6 is 23.2 Å². The average molecular weight is 397 g/mol. The zero-order valence-electron chi connectivity index (χ0n) is 13.7. The van der Waals surface area contributed by atoms with Gasteiger partial charge in [0.05, 0.1) is 5.02 Å². The lowest BCUT2D eigenvalue weighted by molar-refractivity contribution is -0.149. The van der Waals surface area contributed by atoms with Crippen LogP contribution in [0.4, 0.5) is 0 Å². The zero-order chi connectivity index (χ0) is 18.7. The molecule has 136 valence electrons. The highest BCUT2D eigenvalue weighted by molar-refractivity contribution is 6.35. The minimum atomic E-state index is -0.946.